The van der Waals surface area contributed by atoms with Gasteiger partial charge in [0.05, 0.1) is 30.1 Å². The highest BCUT2D eigenvalue weighted by Crippen LogP contribution is 2.35. The van der Waals surface area contributed by atoms with Crippen molar-refractivity contribution in [2.75, 3.05) is 30.9 Å². The van der Waals surface area contributed by atoms with E-state index in [2.05, 4.69) is 29.0 Å². The maximum atomic E-state index is 14.5. The van der Waals surface area contributed by atoms with E-state index in [4.69, 9.17) is 14.1 Å². The molecule has 4 rings (SSSR count). The van der Waals surface area contributed by atoms with Crippen molar-refractivity contribution in [1.29, 1.82) is 0 Å². The molecule has 8 heteroatoms. The van der Waals surface area contributed by atoms with Crippen molar-refractivity contribution in [3.8, 4) is 17.1 Å². The van der Waals surface area contributed by atoms with E-state index in [9.17, 15) is 4.39 Å². The van der Waals surface area contributed by atoms with Crippen LogP contribution in [0.25, 0.3) is 22.4 Å². The van der Waals surface area contributed by atoms with Crippen LogP contribution in [0.15, 0.2) is 40.9 Å². The van der Waals surface area contributed by atoms with E-state index in [0.717, 1.165) is 29.3 Å². The highest BCUT2D eigenvalue weighted by molar-refractivity contribution is 5.92. The van der Waals surface area contributed by atoms with Gasteiger partial charge < -0.3 is 23.9 Å². The van der Waals surface area contributed by atoms with Crippen LogP contribution < -0.4 is 15.0 Å². The Labute approximate surface area is 186 Å². The van der Waals surface area contributed by atoms with E-state index in [1.165, 1.54) is 12.1 Å². The summed E-state index contributed by atoms with van der Waals surface area (Å²) in [4.78, 5) is 11.1. The summed E-state index contributed by atoms with van der Waals surface area (Å²) in [5.74, 6) is 2.77. The second-order valence-electron chi connectivity index (χ2n) is 8.35. The number of halogens is 1. The number of aryl methyl sites for hydroxylation is 2. The minimum atomic E-state index is -0.332. The molecule has 0 saturated heterocycles. The van der Waals surface area contributed by atoms with Crippen LogP contribution in [0.5, 0.6) is 5.75 Å². The first-order valence-electron chi connectivity index (χ1n) is 10.5. The summed E-state index contributed by atoms with van der Waals surface area (Å²) in [6.07, 6.45) is 1.67. The Kier molecular flexibility index (Phi) is 5.78. The number of fused-ring (bicyclic) bond motifs is 1. The molecule has 2 aromatic carbocycles. The summed E-state index contributed by atoms with van der Waals surface area (Å²) in [5.41, 5.74) is 3.55. The number of nitrogens with one attached hydrogen (secondary N) is 1. The summed E-state index contributed by atoms with van der Waals surface area (Å²) in [6, 6.07) is 8.59. The Bertz CT molecular complexity index is 1260. The highest BCUT2D eigenvalue weighted by Gasteiger charge is 2.18. The van der Waals surface area contributed by atoms with Crippen molar-refractivity contribution >= 4 is 28.4 Å². The molecule has 2 heterocycles. The summed E-state index contributed by atoms with van der Waals surface area (Å²) < 4.78 is 27.6. The second-order valence-corrected chi connectivity index (χ2v) is 8.35. The number of aromatic nitrogens is 3. The van der Waals surface area contributed by atoms with Crippen LogP contribution in [-0.2, 0) is 7.05 Å². The number of ether oxygens (including phenoxy) is 1. The molecule has 0 aliphatic carbocycles. The highest BCUT2D eigenvalue weighted by atomic mass is 19.1. The van der Waals surface area contributed by atoms with E-state index in [1.807, 2.05) is 36.9 Å². The van der Waals surface area contributed by atoms with Gasteiger partial charge in [0.1, 0.15) is 17.1 Å². The van der Waals surface area contributed by atoms with E-state index < -0.39 is 0 Å². The van der Waals surface area contributed by atoms with E-state index in [0.29, 0.717) is 34.5 Å². The van der Waals surface area contributed by atoms with Gasteiger partial charge in [0.15, 0.2) is 11.7 Å². The predicted octanol–water partition coefficient (Wildman–Crippen LogP) is 5.52. The topological polar surface area (TPSA) is 68.3 Å². The Morgan fingerprint density at radius 2 is 2.03 bits per heavy atom. The molecule has 2 aromatic heterocycles. The molecule has 0 aliphatic heterocycles. The van der Waals surface area contributed by atoms with Crippen molar-refractivity contribution in [1.82, 2.24) is 14.5 Å². The molecule has 0 unspecified atom stereocenters. The second kappa shape index (κ2) is 8.53. The van der Waals surface area contributed by atoms with E-state index in [-0.39, 0.29) is 5.82 Å². The number of imidazole rings is 1. The first kappa shape index (κ1) is 21.7. The normalized spacial score (nSPS) is 11.4. The van der Waals surface area contributed by atoms with Crippen LogP contribution in [0.3, 0.4) is 0 Å². The van der Waals surface area contributed by atoms with Crippen molar-refractivity contribution in [2.24, 2.45) is 13.0 Å². The Balaban J connectivity index is 1.72. The maximum absolute atomic E-state index is 14.5. The molecule has 0 bridgehead atoms. The number of hydrogen-bond acceptors (Lipinski definition) is 6. The van der Waals surface area contributed by atoms with E-state index >= 15 is 0 Å². The van der Waals surface area contributed by atoms with Crippen LogP contribution in [0.2, 0.25) is 0 Å². The molecular formula is C24H28FN5O2. The largest absolute Gasteiger partial charge is 0.496 e. The number of methoxy groups -OCH3 is 1. The van der Waals surface area contributed by atoms with Gasteiger partial charge in [-0.05, 0) is 30.2 Å². The van der Waals surface area contributed by atoms with Crippen molar-refractivity contribution in [2.45, 2.75) is 20.8 Å². The Morgan fingerprint density at radius 1 is 1.25 bits per heavy atom. The van der Waals surface area contributed by atoms with Gasteiger partial charge in [-0.25, -0.2) is 14.4 Å². The molecule has 7 nitrogen and oxygen atoms in total. The lowest BCUT2D eigenvalue weighted by atomic mass is 10.1. The third kappa shape index (κ3) is 4.12. The maximum Gasteiger partial charge on any atom is 0.206 e. The Morgan fingerprint density at radius 3 is 2.69 bits per heavy atom. The quantitative estimate of drug-likeness (QED) is 0.411. The van der Waals surface area contributed by atoms with E-state index in [1.54, 1.807) is 20.2 Å². The third-order valence-electron chi connectivity index (χ3n) is 5.28. The molecule has 0 radical (unpaired) electrons. The number of anilines is 3. The van der Waals surface area contributed by atoms with Gasteiger partial charge in [0.25, 0.3) is 0 Å². The summed E-state index contributed by atoms with van der Waals surface area (Å²) in [5, 5.41) is 3.31. The summed E-state index contributed by atoms with van der Waals surface area (Å²) >= 11 is 0. The van der Waals surface area contributed by atoms with Crippen LogP contribution >= 0.6 is 0 Å². The average Bonchev–Trinajstić information content (AvgIpc) is 3.31. The van der Waals surface area contributed by atoms with Gasteiger partial charge in [-0.1, -0.05) is 13.8 Å². The fraction of sp³-hybridized carbons (Fsp3) is 0.333. The zero-order valence-corrected chi connectivity index (χ0v) is 19.2. The number of rotatable bonds is 7. The first-order valence-corrected chi connectivity index (χ1v) is 10.5. The van der Waals surface area contributed by atoms with Crippen molar-refractivity contribution in [3.63, 3.8) is 0 Å². The minimum absolute atomic E-state index is 0.332. The minimum Gasteiger partial charge on any atom is -0.496 e. The van der Waals surface area contributed by atoms with Gasteiger partial charge in [-0.2, -0.15) is 0 Å². The smallest absolute Gasteiger partial charge is 0.206 e. The zero-order valence-electron chi connectivity index (χ0n) is 19.2. The molecule has 0 amide bonds. The van der Waals surface area contributed by atoms with Gasteiger partial charge in [-0.15, -0.1) is 0 Å². The Hall–Kier alpha value is -3.55. The lowest BCUT2D eigenvalue weighted by molar-refractivity contribution is 0.414. The third-order valence-corrected chi connectivity index (χ3v) is 5.28. The summed E-state index contributed by atoms with van der Waals surface area (Å²) in [6.45, 7) is 6.95. The standard InChI is InChI=1S/C24H28FN5O2/c1-14(2)13-29(4)24-28-23-19(9-16(25)10-20(23)30(24)5)27-17-7-8-18(21(11-17)31-6)22-12-26-15(3)32-22/h7-12,14,27H,13H2,1-6H3. The lowest BCUT2D eigenvalue weighted by Crippen LogP contribution is -2.25. The summed E-state index contributed by atoms with van der Waals surface area (Å²) in [7, 11) is 5.50. The van der Waals surface area contributed by atoms with Crippen LogP contribution in [-0.4, -0.2) is 35.2 Å². The average molecular weight is 438 g/mol. The molecule has 0 spiro atoms. The first-order chi connectivity index (χ1) is 15.3. The van der Waals surface area contributed by atoms with Crippen LogP contribution in [0, 0.1) is 18.7 Å². The van der Waals surface area contributed by atoms with Gasteiger partial charge >= 0.3 is 0 Å². The SMILES string of the molecule is COc1cc(Nc2cc(F)cc3c2nc(N(C)CC(C)C)n3C)ccc1-c1cnc(C)o1. The molecule has 1 N–H and O–H groups in total. The fourth-order valence-electron chi connectivity index (χ4n) is 3.92. The van der Waals surface area contributed by atoms with Gasteiger partial charge in [0.2, 0.25) is 5.95 Å². The molecule has 168 valence electrons. The van der Waals surface area contributed by atoms with Gasteiger partial charge in [0, 0.05) is 39.3 Å². The van der Waals surface area contributed by atoms with Crippen molar-refractivity contribution < 1.29 is 13.5 Å². The van der Waals surface area contributed by atoms with Crippen LogP contribution in [0.1, 0.15) is 19.7 Å². The fourth-order valence-corrected chi connectivity index (χ4v) is 3.92. The number of hydrogen-bond donors (Lipinski definition) is 1. The molecule has 0 atom stereocenters. The molecule has 0 saturated carbocycles. The number of nitrogens with zero attached hydrogens (tertiary/aromatic N) is 4. The van der Waals surface area contributed by atoms with Crippen LogP contribution in [0.4, 0.5) is 21.7 Å². The number of oxazole rings is 1. The van der Waals surface area contributed by atoms with Crippen molar-refractivity contribution in [3.05, 3.63) is 48.2 Å². The number of benzene rings is 2. The monoisotopic (exact) mass is 437 g/mol. The molecule has 4 aromatic rings. The zero-order chi connectivity index (χ0) is 23.0. The lowest BCUT2D eigenvalue weighted by Gasteiger charge is -2.20. The molecule has 0 fully saturated rings. The van der Waals surface area contributed by atoms with Gasteiger partial charge in [-0.3, -0.25) is 0 Å². The molecule has 32 heavy (non-hydrogen) atoms. The predicted molar refractivity (Wildman–Crippen MR) is 125 cm³/mol. The molecular weight excluding hydrogens is 409 g/mol. The molecule has 0 aliphatic rings.